The first-order valence-electron chi connectivity index (χ1n) is 5.99. The fourth-order valence-electron chi connectivity index (χ4n) is 1.14. The van der Waals surface area contributed by atoms with Crippen molar-refractivity contribution in [3.63, 3.8) is 0 Å². The second-order valence-corrected chi connectivity index (χ2v) is 6.48. The van der Waals surface area contributed by atoms with Crippen molar-refractivity contribution >= 4 is 21.1 Å². The molecule has 0 aromatic heterocycles. The van der Waals surface area contributed by atoms with Crippen LogP contribution in [0.5, 0.6) is 0 Å². The van der Waals surface area contributed by atoms with Crippen LogP contribution in [0.4, 0.5) is 0 Å². The molecule has 0 aliphatic heterocycles. The van der Waals surface area contributed by atoms with Crippen LogP contribution in [0.15, 0.2) is 24.8 Å². The first-order chi connectivity index (χ1) is 9.55. The third-order valence-electron chi connectivity index (χ3n) is 2.21. The van der Waals surface area contributed by atoms with Crippen molar-refractivity contribution < 1.29 is 27.6 Å². The van der Waals surface area contributed by atoms with E-state index in [0.717, 1.165) is 6.08 Å². The quantitative estimate of drug-likeness (QED) is 0.279. The molecule has 0 unspecified atom stereocenters. The van der Waals surface area contributed by atoms with Crippen LogP contribution in [0, 0.1) is 0 Å². The number of rotatable bonds is 9. The Morgan fingerprint density at radius 2 is 1.80 bits per heavy atom. The topological polar surface area (TPSA) is 71.1 Å². The molecule has 0 atom stereocenters. The lowest BCUT2D eigenvalue weighted by Crippen LogP contribution is -2.42. The highest BCUT2D eigenvalue weighted by molar-refractivity contribution is 6.60. The average Bonchev–Trinajstić information content (AvgIpc) is 2.49. The zero-order valence-corrected chi connectivity index (χ0v) is 13.5. The number of ether oxygens (including phenoxy) is 1. The van der Waals surface area contributed by atoms with Gasteiger partial charge >= 0.3 is 14.8 Å². The number of esters is 1. The Morgan fingerprint density at radius 3 is 2.10 bits per heavy atom. The molecular formula is C13H23O6Si. The van der Waals surface area contributed by atoms with Gasteiger partial charge in [-0.3, -0.25) is 4.79 Å². The monoisotopic (exact) mass is 303 g/mol. The second kappa shape index (κ2) is 14.1. The molecule has 0 spiro atoms. The summed E-state index contributed by atoms with van der Waals surface area (Å²) in [4.78, 5) is 19.9. The molecule has 0 N–H and O–H groups in total. The summed E-state index contributed by atoms with van der Waals surface area (Å²) in [6, 6.07) is 0.612. The number of carbonyl (C=O) groups excluding carboxylic acids is 2. The molecular weight excluding hydrogens is 280 g/mol. The standard InChI is InChI=1S/C9H18O5Si.C4H5O/c1-5-9(10)14-7-6-8-15(11-2,12-3)13-4;1-2-3-4-5/h5H,1,6-8H2,2-4H3;2-3H,1H3. The maximum absolute atomic E-state index is 10.7. The Labute approximate surface area is 121 Å². The molecule has 0 aromatic carbocycles. The largest absolute Gasteiger partial charge is 0.500 e. The molecule has 0 aliphatic carbocycles. The van der Waals surface area contributed by atoms with Gasteiger partial charge < -0.3 is 18.0 Å². The minimum atomic E-state index is -2.52. The Morgan fingerprint density at radius 1 is 1.25 bits per heavy atom. The van der Waals surface area contributed by atoms with Crippen molar-refractivity contribution in [2.75, 3.05) is 27.9 Å². The predicted octanol–water partition coefficient (Wildman–Crippen LogP) is 1.66. The molecule has 0 fully saturated rings. The lowest BCUT2D eigenvalue weighted by atomic mass is 10.5. The number of allylic oxidation sites excluding steroid dienone is 2. The van der Waals surface area contributed by atoms with Gasteiger partial charge in [0.1, 0.15) is 0 Å². The van der Waals surface area contributed by atoms with Crippen LogP contribution in [0.2, 0.25) is 6.04 Å². The highest BCUT2D eigenvalue weighted by atomic mass is 28.4. The van der Waals surface area contributed by atoms with Crippen LogP contribution >= 0.6 is 0 Å². The molecule has 6 nitrogen and oxygen atoms in total. The summed E-state index contributed by atoms with van der Waals surface area (Å²) in [6.45, 7) is 5.38. The molecule has 0 saturated heterocycles. The molecule has 1 radical (unpaired) electrons. The fraction of sp³-hybridized carbons (Fsp3) is 0.538. The van der Waals surface area contributed by atoms with Crippen molar-refractivity contribution in [3.8, 4) is 0 Å². The minimum absolute atomic E-state index is 0.315. The summed E-state index contributed by atoms with van der Waals surface area (Å²) < 4.78 is 20.4. The van der Waals surface area contributed by atoms with Crippen LogP contribution in [0.3, 0.4) is 0 Å². The van der Waals surface area contributed by atoms with Crippen molar-refractivity contribution in [2.45, 2.75) is 19.4 Å². The molecule has 7 heteroatoms. The van der Waals surface area contributed by atoms with Crippen LogP contribution < -0.4 is 0 Å². The molecule has 0 amide bonds. The molecule has 0 rings (SSSR count). The zero-order chi connectivity index (χ0) is 15.9. The first kappa shape index (κ1) is 21.0. The van der Waals surface area contributed by atoms with Crippen molar-refractivity contribution in [1.82, 2.24) is 0 Å². The SMILES string of the molecule is C=CC(=O)OCCC[Si](OC)(OC)OC.CC=C[C]=O. The number of hydrogen-bond donors (Lipinski definition) is 0. The summed E-state index contributed by atoms with van der Waals surface area (Å²) in [7, 11) is 2.13. The summed E-state index contributed by atoms with van der Waals surface area (Å²) in [6.07, 6.45) is 6.31. The van der Waals surface area contributed by atoms with Gasteiger partial charge in [-0.25, -0.2) is 4.79 Å². The smallest absolute Gasteiger partial charge is 0.463 e. The number of hydrogen-bond acceptors (Lipinski definition) is 6. The maximum Gasteiger partial charge on any atom is 0.500 e. The van der Waals surface area contributed by atoms with E-state index in [1.165, 1.54) is 6.08 Å². The van der Waals surface area contributed by atoms with Gasteiger partial charge in [-0.1, -0.05) is 12.7 Å². The Bertz CT molecular complexity index is 291. The molecule has 0 aliphatic rings. The molecule has 0 saturated carbocycles. The minimum Gasteiger partial charge on any atom is -0.463 e. The van der Waals surface area contributed by atoms with Crippen LogP contribution in [-0.4, -0.2) is 49.0 Å². The van der Waals surface area contributed by atoms with Gasteiger partial charge in [-0.15, -0.1) is 0 Å². The highest BCUT2D eigenvalue weighted by Crippen LogP contribution is 2.14. The second-order valence-electron chi connectivity index (χ2n) is 3.39. The fourth-order valence-corrected chi connectivity index (χ4v) is 2.83. The van der Waals surface area contributed by atoms with Crippen molar-refractivity contribution in [1.29, 1.82) is 0 Å². The average molecular weight is 303 g/mol. The summed E-state index contributed by atoms with van der Waals surface area (Å²) in [5.41, 5.74) is 0. The highest BCUT2D eigenvalue weighted by Gasteiger charge is 2.36. The van der Waals surface area contributed by atoms with E-state index in [4.69, 9.17) is 18.0 Å². The lowest BCUT2D eigenvalue weighted by molar-refractivity contribution is -0.137. The van der Waals surface area contributed by atoms with E-state index in [1.54, 1.807) is 40.6 Å². The van der Waals surface area contributed by atoms with Crippen LogP contribution in [-0.2, 0) is 27.6 Å². The van der Waals surface area contributed by atoms with E-state index in [0.29, 0.717) is 19.1 Å². The van der Waals surface area contributed by atoms with Gasteiger partial charge in [-0.05, 0) is 19.4 Å². The molecule has 20 heavy (non-hydrogen) atoms. The van der Waals surface area contributed by atoms with Gasteiger partial charge in [0.15, 0.2) is 0 Å². The third kappa shape index (κ3) is 10.6. The van der Waals surface area contributed by atoms with E-state index in [-0.39, 0.29) is 0 Å². The number of carbonyl (C=O) groups is 1. The van der Waals surface area contributed by atoms with Crippen LogP contribution in [0.1, 0.15) is 13.3 Å². The van der Waals surface area contributed by atoms with Gasteiger partial charge in [0.2, 0.25) is 6.29 Å². The van der Waals surface area contributed by atoms with E-state index in [9.17, 15) is 9.59 Å². The van der Waals surface area contributed by atoms with Crippen molar-refractivity contribution in [3.05, 3.63) is 24.8 Å². The van der Waals surface area contributed by atoms with Crippen molar-refractivity contribution in [2.24, 2.45) is 0 Å². The zero-order valence-electron chi connectivity index (χ0n) is 12.5. The summed E-state index contributed by atoms with van der Waals surface area (Å²) >= 11 is 0. The maximum atomic E-state index is 10.7. The Kier molecular flexibility index (Phi) is 14.9. The van der Waals surface area contributed by atoms with E-state index in [2.05, 4.69) is 6.58 Å². The summed E-state index contributed by atoms with van der Waals surface area (Å²) in [5, 5.41) is 0. The first-order valence-corrected chi connectivity index (χ1v) is 7.92. The van der Waals surface area contributed by atoms with Crippen LogP contribution in [0.25, 0.3) is 0 Å². The van der Waals surface area contributed by atoms with E-state index < -0.39 is 14.8 Å². The summed E-state index contributed by atoms with van der Waals surface area (Å²) in [5.74, 6) is -0.422. The van der Waals surface area contributed by atoms with Gasteiger partial charge in [0.05, 0.1) is 6.61 Å². The predicted molar refractivity (Wildman–Crippen MR) is 77.9 cm³/mol. The normalized spacial score (nSPS) is 10.6. The molecule has 0 aromatic rings. The van der Waals surface area contributed by atoms with Gasteiger partial charge in [0, 0.05) is 33.4 Å². The third-order valence-corrected chi connectivity index (χ3v) is 5.04. The van der Waals surface area contributed by atoms with Gasteiger partial charge in [-0.2, -0.15) is 0 Å². The van der Waals surface area contributed by atoms with E-state index >= 15 is 0 Å². The Balaban J connectivity index is 0. The molecule has 0 bridgehead atoms. The molecule has 0 heterocycles. The molecule has 115 valence electrons. The lowest BCUT2D eigenvalue weighted by Gasteiger charge is -2.23. The Hall–Kier alpha value is -1.28. The van der Waals surface area contributed by atoms with Gasteiger partial charge in [0.25, 0.3) is 0 Å². The van der Waals surface area contributed by atoms with E-state index in [1.807, 2.05) is 0 Å².